The Labute approximate surface area is 165 Å². The van der Waals surface area contributed by atoms with Crippen LogP contribution in [0.15, 0.2) is 46.1 Å². The first-order chi connectivity index (χ1) is 13.0. The number of aliphatic hydroxyl groups is 1. The fourth-order valence-corrected chi connectivity index (χ4v) is 3.93. The quantitative estimate of drug-likeness (QED) is 0.741. The molecule has 0 bridgehead atoms. The molecule has 0 saturated carbocycles. The van der Waals surface area contributed by atoms with Gasteiger partial charge in [0.25, 0.3) is 0 Å². The number of ether oxygens (including phenoxy) is 1. The maximum atomic E-state index is 12.4. The van der Waals surface area contributed by atoms with Crippen molar-refractivity contribution in [3.8, 4) is 5.75 Å². The minimum Gasteiger partial charge on any atom is -0.406 e. The van der Waals surface area contributed by atoms with E-state index in [4.69, 9.17) is 0 Å². The van der Waals surface area contributed by atoms with Crippen LogP contribution in [0.5, 0.6) is 5.75 Å². The van der Waals surface area contributed by atoms with E-state index < -0.39 is 12.0 Å². The number of aliphatic imine (C=N–C) groups is 1. The van der Waals surface area contributed by atoms with Crippen molar-refractivity contribution in [1.82, 2.24) is 4.90 Å². The first-order valence-corrected chi connectivity index (χ1v) is 9.59. The maximum absolute atomic E-state index is 12.4. The lowest BCUT2D eigenvalue weighted by molar-refractivity contribution is -0.274. The summed E-state index contributed by atoms with van der Waals surface area (Å²) in [6, 6.07) is 5.70. The van der Waals surface area contributed by atoms with Gasteiger partial charge in [-0.2, -0.15) is 11.3 Å². The largest absolute Gasteiger partial charge is 0.573 e. The number of halogens is 3. The molecular weight excluding hydrogens is 389 g/mol. The molecule has 1 atom stereocenters. The number of rotatable bonds is 5. The van der Waals surface area contributed by atoms with Gasteiger partial charge in [-0.3, -0.25) is 4.99 Å². The Bertz CT molecular complexity index is 880. The highest BCUT2D eigenvalue weighted by Gasteiger charge is 2.32. The van der Waals surface area contributed by atoms with Crippen LogP contribution in [-0.4, -0.2) is 34.7 Å². The molecule has 8 heteroatoms. The monoisotopic (exact) mass is 410 g/mol. The van der Waals surface area contributed by atoms with Crippen LogP contribution in [0.4, 0.5) is 13.2 Å². The molecule has 0 radical (unpaired) electrons. The molecule has 2 heterocycles. The van der Waals surface area contributed by atoms with Crippen molar-refractivity contribution in [2.75, 3.05) is 6.54 Å². The summed E-state index contributed by atoms with van der Waals surface area (Å²) in [5.74, 6) is -0.277. The van der Waals surface area contributed by atoms with E-state index in [1.807, 2.05) is 22.6 Å². The predicted molar refractivity (Wildman–Crippen MR) is 104 cm³/mol. The van der Waals surface area contributed by atoms with E-state index in [2.05, 4.69) is 9.73 Å². The molecule has 2 aromatic rings. The minimum absolute atomic E-state index is 0.277. The minimum atomic E-state index is -4.73. The van der Waals surface area contributed by atoms with Crippen LogP contribution < -0.4 is 4.74 Å². The van der Waals surface area contributed by atoms with E-state index >= 15 is 0 Å². The molecule has 1 N–H and O–H groups in total. The molecule has 1 aromatic carbocycles. The van der Waals surface area contributed by atoms with Crippen LogP contribution in [0.3, 0.4) is 0 Å². The molecule has 1 aromatic heterocycles. The fourth-order valence-electron chi connectivity index (χ4n) is 3.06. The average molecular weight is 410 g/mol. The number of thiophene rings is 1. The van der Waals surface area contributed by atoms with Crippen LogP contribution in [0.2, 0.25) is 0 Å². The molecule has 1 unspecified atom stereocenters. The van der Waals surface area contributed by atoms with Gasteiger partial charge in [0.05, 0.1) is 5.60 Å². The van der Waals surface area contributed by atoms with Gasteiger partial charge in [-0.15, -0.1) is 13.2 Å². The number of alkyl halides is 3. The molecule has 0 aliphatic carbocycles. The van der Waals surface area contributed by atoms with Crippen molar-refractivity contribution in [2.45, 2.75) is 38.9 Å². The number of β-amino-alcohol motifs (C(OH)–C–C–N with tert-alkyl or cyclic N) is 1. The van der Waals surface area contributed by atoms with Crippen LogP contribution in [0.1, 0.15) is 36.7 Å². The van der Waals surface area contributed by atoms with Gasteiger partial charge in [0.15, 0.2) is 0 Å². The molecule has 3 rings (SSSR count). The molecular formula is C20H21F3N2O2S. The molecule has 28 heavy (non-hydrogen) atoms. The van der Waals surface area contributed by atoms with Gasteiger partial charge in [-0.25, -0.2) is 0 Å². The molecule has 1 aliphatic rings. The van der Waals surface area contributed by atoms with Gasteiger partial charge in [0, 0.05) is 24.0 Å². The first kappa shape index (κ1) is 20.4. The van der Waals surface area contributed by atoms with Crippen molar-refractivity contribution in [1.29, 1.82) is 0 Å². The third-order valence-corrected chi connectivity index (χ3v) is 5.06. The number of nitrogens with zero attached hydrogens (tertiary/aromatic N) is 2. The van der Waals surface area contributed by atoms with E-state index in [-0.39, 0.29) is 11.9 Å². The zero-order chi connectivity index (χ0) is 20.5. The Kier molecular flexibility index (Phi) is 5.54. The van der Waals surface area contributed by atoms with Gasteiger partial charge in [-0.1, -0.05) is 0 Å². The second kappa shape index (κ2) is 7.60. The van der Waals surface area contributed by atoms with Crippen LogP contribution in [0, 0.1) is 6.92 Å². The summed E-state index contributed by atoms with van der Waals surface area (Å²) in [7, 11) is 0. The molecule has 0 fully saturated rings. The second-order valence-corrected chi connectivity index (χ2v) is 7.99. The zero-order valence-electron chi connectivity index (χ0n) is 15.7. The SMILES string of the molecule is Cc1cscc1C1N=CC=C(c2ccc(OC(F)(F)F)cc2)N1CC(C)(C)O. The maximum Gasteiger partial charge on any atom is 0.573 e. The van der Waals surface area contributed by atoms with E-state index in [1.54, 1.807) is 49.6 Å². The fraction of sp³-hybridized carbons (Fsp3) is 0.350. The third kappa shape index (κ3) is 4.94. The summed E-state index contributed by atoms with van der Waals surface area (Å²) in [5, 5.41) is 14.5. The van der Waals surface area contributed by atoms with Crippen molar-refractivity contribution in [2.24, 2.45) is 4.99 Å². The normalized spacial score (nSPS) is 17.6. The van der Waals surface area contributed by atoms with Gasteiger partial charge < -0.3 is 14.7 Å². The predicted octanol–water partition coefficient (Wildman–Crippen LogP) is 5.15. The lowest BCUT2D eigenvalue weighted by Crippen LogP contribution is -2.40. The van der Waals surface area contributed by atoms with Crippen molar-refractivity contribution < 1.29 is 23.0 Å². The Balaban J connectivity index is 1.94. The summed E-state index contributed by atoms with van der Waals surface area (Å²) in [6.07, 6.45) is -1.56. The Hall–Kier alpha value is -2.32. The van der Waals surface area contributed by atoms with Gasteiger partial charge in [-0.05, 0) is 73.0 Å². The standard InChI is InChI=1S/C20H21F3N2O2S/c1-13-10-28-11-16(13)18-24-9-8-17(25(18)12-19(2,3)26)14-4-6-15(7-5-14)27-20(21,22)23/h4-11,18,26H,12H2,1-3H3. The van der Waals surface area contributed by atoms with Gasteiger partial charge >= 0.3 is 6.36 Å². The highest BCUT2D eigenvalue weighted by molar-refractivity contribution is 7.08. The van der Waals surface area contributed by atoms with E-state index in [0.29, 0.717) is 12.1 Å². The van der Waals surface area contributed by atoms with Crippen molar-refractivity contribution in [3.63, 3.8) is 0 Å². The summed E-state index contributed by atoms with van der Waals surface area (Å²) >= 11 is 1.58. The molecule has 0 spiro atoms. The molecule has 1 aliphatic heterocycles. The molecule has 0 saturated heterocycles. The lowest BCUT2D eigenvalue weighted by atomic mass is 10.0. The zero-order valence-corrected chi connectivity index (χ0v) is 16.5. The molecule has 0 amide bonds. The van der Waals surface area contributed by atoms with Gasteiger partial charge in [0.2, 0.25) is 0 Å². The summed E-state index contributed by atoms with van der Waals surface area (Å²) in [5.41, 5.74) is 2.62. The topological polar surface area (TPSA) is 45.1 Å². The number of benzene rings is 1. The van der Waals surface area contributed by atoms with E-state index in [1.165, 1.54) is 12.1 Å². The highest BCUT2D eigenvalue weighted by atomic mass is 32.1. The van der Waals surface area contributed by atoms with E-state index in [9.17, 15) is 18.3 Å². The molecule has 4 nitrogen and oxygen atoms in total. The third-order valence-electron chi connectivity index (χ3n) is 4.18. The highest BCUT2D eigenvalue weighted by Crippen LogP contribution is 2.37. The molecule has 150 valence electrons. The Morgan fingerprint density at radius 2 is 1.86 bits per heavy atom. The van der Waals surface area contributed by atoms with Crippen LogP contribution >= 0.6 is 11.3 Å². The Morgan fingerprint density at radius 1 is 1.18 bits per heavy atom. The summed E-state index contributed by atoms with van der Waals surface area (Å²) in [4.78, 5) is 6.55. The number of hydrogen-bond acceptors (Lipinski definition) is 5. The number of aryl methyl sites for hydroxylation is 1. The van der Waals surface area contributed by atoms with Crippen molar-refractivity contribution >= 4 is 23.2 Å². The summed E-state index contributed by atoms with van der Waals surface area (Å²) < 4.78 is 41.2. The van der Waals surface area contributed by atoms with Crippen LogP contribution in [-0.2, 0) is 0 Å². The number of allylic oxidation sites excluding steroid dienone is 1. The first-order valence-electron chi connectivity index (χ1n) is 8.65. The second-order valence-electron chi connectivity index (χ2n) is 7.25. The van der Waals surface area contributed by atoms with Gasteiger partial charge in [0.1, 0.15) is 11.9 Å². The van der Waals surface area contributed by atoms with Crippen molar-refractivity contribution in [3.05, 3.63) is 57.8 Å². The summed E-state index contributed by atoms with van der Waals surface area (Å²) in [6.45, 7) is 5.73. The smallest absolute Gasteiger partial charge is 0.406 e. The average Bonchev–Trinajstić information content (AvgIpc) is 2.99. The van der Waals surface area contributed by atoms with E-state index in [0.717, 1.165) is 16.8 Å². The lowest BCUT2D eigenvalue weighted by Gasteiger charge is -2.39. The van der Waals surface area contributed by atoms with Crippen LogP contribution in [0.25, 0.3) is 5.70 Å². The number of hydrogen-bond donors (Lipinski definition) is 1. The Morgan fingerprint density at radius 3 is 2.39 bits per heavy atom.